The largest absolute Gasteiger partial charge is 0.465 e. The van der Waals surface area contributed by atoms with Crippen molar-refractivity contribution in [2.24, 2.45) is 0 Å². The van der Waals surface area contributed by atoms with Crippen molar-refractivity contribution in [3.05, 3.63) is 53.7 Å². The molecule has 1 aliphatic heterocycles. The first-order valence-electron chi connectivity index (χ1n) is 8.89. The van der Waals surface area contributed by atoms with E-state index in [4.69, 9.17) is 4.74 Å². The second-order valence-electron chi connectivity index (χ2n) is 6.30. The Labute approximate surface area is 153 Å². The van der Waals surface area contributed by atoms with Crippen LogP contribution in [0.3, 0.4) is 0 Å². The number of pyridine rings is 1. The molecule has 1 aromatic carbocycles. The molecule has 6 nitrogen and oxygen atoms in total. The Bertz CT molecular complexity index is 766. The zero-order valence-electron chi connectivity index (χ0n) is 14.9. The first-order valence-corrected chi connectivity index (χ1v) is 8.89. The van der Waals surface area contributed by atoms with Gasteiger partial charge in [-0.1, -0.05) is 25.0 Å². The summed E-state index contributed by atoms with van der Waals surface area (Å²) in [6.07, 6.45) is 6.07. The zero-order valence-corrected chi connectivity index (χ0v) is 14.9. The van der Waals surface area contributed by atoms with Gasteiger partial charge in [0.15, 0.2) is 0 Å². The van der Waals surface area contributed by atoms with Crippen molar-refractivity contribution in [1.82, 2.24) is 9.88 Å². The molecule has 1 fully saturated rings. The van der Waals surface area contributed by atoms with Gasteiger partial charge in [-0.3, -0.25) is 4.79 Å². The van der Waals surface area contributed by atoms with Gasteiger partial charge in [-0.15, -0.1) is 0 Å². The highest BCUT2D eigenvalue weighted by Gasteiger charge is 2.18. The van der Waals surface area contributed by atoms with Crippen LogP contribution in [0.1, 0.15) is 46.4 Å². The van der Waals surface area contributed by atoms with E-state index in [1.54, 1.807) is 36.5 Å². The van der Waals surface area contributed by atoms with Gasteiger partial charge in [0.25, 0.3) is 5.91 Å². The number of benzene rings is 1. The topological polar surface area (TPSA) is 71.5 Å². The molecule has 1 aliphatic rings. The molecule has 6 heteroatoms. The van der Waals surface area contributed by atoms with Crippen LogP contribution in [-0.4, -0.2) is 42.0 Å². The van der Waals surface area contributed by atoms with Crippen LogP contribution < -0.4 is 5.32 Å². The van der Waals surface area contributed by atoms with Crippen LogP contribution in [0.4, 0.5) is 11.5 Å². The molecule has 0 atom stereocenters. The van der Waals surface area contributed by atoms with Gasteiger partial charge in [0, 0.05) is 19.3 Å². The molecule has 0 aliphatic carbocycles. The molecule has 0 unspecified atom stereocenters. The minimum Gasteiger partial charge on any atom is -0.465 e. The Hall–Kier alpha value is -2.89. The molecule has 136 valence electrons. The van der Waals surface area contributed by atoms with Crippen LogP contribution in [0.25, 0.3) is 0 Å². The van der Waals surface area contributed by atoms with Crippen LogP contribution in [-0.2, 0) is 4.74 Å². The molecule has 3 rings (SSSR count). The summed E-state index contributed by atoms with van der Waals surface area (Å²) in [6.45, 7) is 1.62. The minimum absolute atomic E-state index is 0.0286. The summed E-state index contributed by atoms with van der Waals surface area (Å²) < 4.78 is 4.79. The lowest BCUT2D eigenvalue weighted by Crippen LogP contribution is -2.31. The molecule has 0 radical (unpaired) electrons. The van der Waals surface area contributed by atoms with Crippen molar-refractivity contribution in [3.63, 3.8) is 0 Å². The predicted molar refractivity (Wildman–Crippen MR) is 99.7 cm³/mol. The van der Waals surface area contributed by atoms with Gasteiger partial charge in [0.05, 0.1) is 23.9 Å². The number of hydrogen-bond acceptors (Lipinski definition) is 5. The van der Waals surface area contributed by atoms with E-state index in [1.807, 2.05) is 11.0 Å². The Kier molecular flexibility index (Phi) is 5.84. The van der Waals surface area contributed by atoms with E-state index in [-0.39, 0.29) is 5.91 Å². The first kappa shape index (κ1) is 17.9. The Morgan fingerprint density at radius 1 is 1.04 bits per heavy atom. The molecule has 26 heavy (non-hydrogen) atoms. The van der Waals surface area contributed by atoms with Gasteiger partial charge >= 0.3 is 5.97 Å². The molecule has 0 bridgehead atoms. The molecule has 1 N–H and O–H groups in total. The number of nitrogens with one attached hydrogen (secondary N) is 1. The number of esters is 1. The van der Waals surface area contributed by atoms with Crippen molar-refractivity contribution >= 4 is 23.4 Å². The summed E-state index contributed by atoms with van der Waals surface area (Å²) in [5.41, 5.74) is 1.62. The van der Waals surface area contributed by atoms with Crippen molar-refractivity contribution in [3.8, 4) is 0 Å². The van der Waals surface area contributed by atoms with E-state index in [0.717, 1.165) is 25.9 Å². The summed E-state index contributed by atoms with van der Waals surface area (Å²) in [4.78, 5) is 30.7. The number of amides is 1. The fourth-order valence-corrected chi connectivity index (χ4v) is 3.07. The van der Waals surface area contributed by atoms with Crippen molar-refractivity contribution in [1.29, 1.82) is 0 Å². The lowest BCUT2D eigenvalue weighted by Gasteiger charge is -2.20. The molecular formula is C20H23N3O3. The third kappa shape index (κ3) is 4.20. The number of nitrogens with zero attached hydrogens (tertiary/aromatic N) is 2. The van der Waals surface area contributed by atoms with Crippen LogP contribution in [0.15, 0.2) is 42.6 Å². The summed E-state index contributed by atoms with van der Waals surface area (Å²) in [5, 5.41) is 3.11. The zero-order chi connectivity index (χ0) is 18.4. The average molecular weight is 353 g/mol. The van der Waals surface area contributed by atoms with E-state index in [2.05, 4.69) is 10.3 Å². The van der Waals surface area contributed by atoms with Gasteiger partial charge in [0.2, 0.25) is 0 Å². The van der Waals surface area contributed by atoms with Gasteiger partial charge in [0.1, 0.15) is 5.82 Å². The number of rotatable bonds is 4. The lowest BCUT2D eigenvalue weighted by molar-refractivity contribution is 0.0601. The monoisotopic (exact) mass is 353 g/mol. The lowest BCUT2D eigenvalue weighted by atomic mass is 10.1. The third-order valence-corrected chi connectivity index (χ3v) is 4.50. The number of hydrogen-bond donors (Lipinski definition) is 1. The quantitative estimate of drug-likeness (QED) is 0.850. The molecule has 0 saturated carbocycles. The molecular weight excluding hydrogens is 330 g/mol. The molecule has 1 saturated heterocycles. The second-order valence-corrected chi connectivity index (χ2v) is 6.30. The summed E-state index contributed by atoms with van der Waals surface area (Å²) in [6, 6.07) is 10.6. The molecule has 2 heterocycles. The number of likely N-dealkylation sites (tertiary alicyclic amines) is 1. The molecule has 0 spiro atoms. The number of carbonyl (C=O) groups excluding carboxylic acids is 2. The van der Waals surface area contributed by atoms with E-state index in [9.17, 15) is 9.59 Å². The highest BCUT2D eigenvalue weighted by atomic mass is 16.5. The molecule has 2 aromatic rings. The Morgan fingerprint density at radius 2 is 1.77 bits per heavy atom. The maximum atomic E-state index is 12.6. The number of para-hydroxylation sites is 1. The number of ether oxygens (including phenoxy) is 1. The molecule has 1 amide bonds. The smallest absolute Gasteiger partial charge is 0.339 e. The first-order chi connectivity index (χ1) is 12.7. The summed E-state index contributed by atoms with van der Waals surface area (Å²) in [5.74, 6) is 0.177. The normalized spacial score (nSPS) is 14.4. The standard InChI is InChI=1S/C20H23N3O3/c1-26-20(25)16-8-4-5-9-17(16)22-18-11-10-15(14-21-18)19(24)23-12-6-2-3-7-13-23/h4-5,8-11,14H,2-3,6-7,12-13H2,1H3,(H,21,22). The van der Waals surface area contributed by atoms with Gasteiger partial charge in [-0.2, -0.15) is 0 Å². The van der Waals surface area contributed by atoms with Crippen LogP contribution in [0.5, 0.6) is 0 Å². The van der Waals surface area contributed by atoms with Crippen LogP contribution in [0, 0.1) is 0 Å². The third-order valence-electron chi connectivity index (χ3n) is 4.50. The number of carbonyl (C=O) groups is 2. The maximum Gasteiger partial charge on any atom is 0.339 e. The van der Waals surface area contributed by atoms with Crippen LogP contribution >= 0.6 is 0 Å². The fourth-order valence-electron chi connectivity index (χ4n) is 3.07. The number of methoxy groups -OCH3 is 1. The second kappa shape index (κ2) is 8.47. The van der Waals surface area contributed by atoms with E-state index in [1.165, 1.54) is 20.0 Å². The SMILES string of the molecule is COC(=O)c1ccccc1Nc1ccc(C(=O)N2CCCCCC2)cn1. The predicted octanol–water partition coefficient (Wildman–Crippen LogP) is 3.63. The van der Waals surface area contributed by atoms with Crippen molar-refractivity contribution in [2.75, 3.05) is 25.5 Å². The number of aromatic nitrogens is 1. The van der Waals surface area contributed by atoms with Crippen molar-refractivity contribution < 1.29 is 14.3 Å². The summed E-state index contributed by atoms with van der Waals surface area (Å²) >= 11 is 0. The van der Waals surface area contributed by atoms with E-state index < -0.39 is 5.97 Å². The highest BCUT2D eigenvalue weighted by molar-refractivity contribution is 5.96. The van der Waals surface area contributed by atoms with Crippen LogP contribution in [0.2, 0.25) is 0 Å². The fraction of sp³-hybridized carbons (Fsp3) is 0.350. The van der Waals surface area contributed by atoms with E-state index in [0.29, 0.717) is 22.6 Å². The Balaban J connectivity index is 1.72. The van der Waals surface area contributed by atoms with Gasteiger partial charge < -0.3 is 15.0 Å². The maximum absolute atomic E-state index is 12.6. The van der Waals surface area contributed by atoms with E-state index >= 15 is 0 Å². The van der Waals surface area contributed by atoms with Gasteiger partial charge in [-0.25, -0.2) is 9.78 Å². The molecule has 1 aromatic heterocycles. The number of anilines is 2. The summed E-state index contributed by atoms with van der Waals surface area (Å²) in [7, 11) is 1.35. The highest BCUT2D eigenvalue weighted by Crippen LogP contribution is 2.21. The minimum atomic E-state index is -0.416. The Morgan fingerprint density at radius 3 is 2.42 bits per heavy atom. The van der Waals surface area contributed by atoms with Gasteiger partial charge in [-0.05, 0) is 37.1 Å². The average Bonchev–Trinajstić information content (AvgIpc) is 2.97. The van der Waals surface area contributed by atoms with Crippen molar-refractivity contribution in [2.45, 2.75) is 25.7 Å².